The molecule has 3 heterocycles. The standard InChI is InChI=1S/C31H50N2O6/c1-11-16-32(29(8,9)19-28(5,6)7)26(36)24-31-15-14-30(10,39-31)23(27(37)38-17-12-2)22(31)25(35)33(24)21(18-34)20(4)13-3/h11-12,20-24,34H,1-2,13-19H2,3-10H3/t20-,21-,22-,23+,24?,30-,31?/m0/s1. The first-order valence-electron chi connectivity index (χ1n) is 14.4. The molecule has 0 aromatic rings. The Morgan fingerprint density at radius 1 is 1.23 bits per heavy atom. The van der Waals surface area contributed by atoms with Crippen LogP contribution in [0.4, 0.5) is 0 Å². The summed E-state index contributed by atoms with van der Waals surface area (Å²) in [5.74, 6) is -2.83. The van der Waals surface area contributed by atoms with Gasteiger partial charge in [0.05, 0.1) is 24.2 Å². The molecule has 7 atom stereocenters. The summed E-state index contributed by atoms with van der Waals surface area (Å²) in [5, 5.41) is 10.6. The highest BCUT2D eigenvalue weighted by atomic mass is 16.6. The lowest BCUT2D eigenvalue weighted by atomic mass is 9.66. The van der Waals surface area contributed by atoms with Crippen LogP contribution < -0.4 is 0 Å². The van der Waals surface area contributed by atoms with Crippen molar-refractivity contribution in [1.82, 2.24) is 9.80 Å². The smallest absolute Gasteiger partial charge is 0.313 e. The quantitative estimate of drug-likeness (QED) is 0.292. The Balaban J connectivity index is 2.19. The lowest BCUT2D eigenvalue weighted by molar-refractivity contribution is -0.163. The second kappa shape index (κ2) is 11.0. The molecule has 3 aliphatic heterocycles. The summed E-state index contributed by atoms with van der Waals surface area (Å²) in [6.07, 6.45) is 5.64. The molecule has 3 fully saturated rings. The van der Waals surface area contributed by atoms with Crippen molar-refractivity contribution in [2.24, 2.45) is 23.2 Å². The normalized spacial score (nSPS) is 31.6. The molecule has 3 aliphatic rings. The van der Waals surface area contributed by atoms with Crippen molar-refractivity contribution in [3.8, 4) is 0 Å². The summed E-state index contributed by atoms with van der Waals surface area (Å²) in [5.41, 5.74) is -2.71. The first-order valence-corrected chi connectivity index (χ1v) is 14.4. The number of carbonyl (C=O) groups excluding carboxylic acids is 3. The monoisotopic (exact) mass is 546 g/mol. The van der Waals surface area contributed by atoms with Gasteiger partial charge in [0.2, 0.25) is 11.8 Å². The highest BCUT2D eigenvalue weighted by molar-refractivity contribution is 5.99. The summed E-state index contributed by atoms with van der Waals surface area (Å²) in [6.45, 7) is 23.9. The van der Waals surface area contributed by atoms with Crippen LogP contribution in [0.15, 0.2) is 25.3 Å². The van der Waals surface area contributed by atoms with E-state index in [9.17, 15) is 19.5 Å². The Morgan fingerprint density at radius 2 is 1.87 bits per heavy atom. The minimum Gasteiger partial charge on any atom is -0.461 e. The van der Waals surface area contributed by atoms with Crippen LogP contribution in [0.2, 0.25) is 0 Å². The molecule has 220 valence electrons. The number of fused-ring (bicyclic) bond motifs is 1. The number of amides is 2. The second-order valence-corrected chi connectivity index (χ2v) is 13.8. The van der Waals surface area contributed by atoms with Gasteiger partial charge in [0.1, 0.15) is 24.2 Å². The zero-order valence-electron chi connectivity index (χ0n) is 25.3. The van der Waals surface area contributed by atoms with E-state index in [4.69, 9.17) is 9.47 Å². The number of ether oxygens (including phenoxy) is 2. The average Bonchev–Trinajstić information content (AvgIpc) is 3.40. The Hall–Kier alpha value is -2.19. The van der Waals surface area contributed by atoms with Crippen LogP contribution >= 0.6 is 0 Å². The highest BCUT2D eigenvalue weighted by Gasteiger charge is 2.79. The van der Waals surface area contributed by atoms with Gasteiger partial charge in [0.25, 0.3) is 0 Å². The Labute approximate surface area is 234 Å². The summed E-state index contributed by atoms with van der Waals surface area (Å²) in [4.78, 5) is 46.0. The van der Waals surface area contributed by atoms with Crippen LogP contribution in [0.1, 0.15) is 81.1 Å². The Kier molecular flexibility index (Phi) is 8.84. The van der Waals surface area contributed by atoms with Crippen LogP contribution in [0.25, 0.3) is 0 Å². The fourth-order valence-electron chi connectivity index (χ4n) is 7.71. The molecule has 0 aliphatic carbocycles. The van der Waals surface area contributed by atoms with Gasteiger partial charge in [-0.15, -0.1) is 6.58 Å². The van der Waals surface area contributed by atoms with Crippen molar-refractivity contribution in [3.05, 3.63) is 25.3 Å². The van der Waals surface area contributed by atoms with Gasteiger partial charge < -0.3 is 24.4 Å². The van der Waals surface area contributed by atoms with Crippen LogP contribution in [-0.4, -0.2) is 81.3 Å². The van der Waals surface area contributed by atoms with Gasteiger partial charge in [-0.05, 0) is 51.4 Å². The summed E-state index contributed by atoms with van der Waals surface area (Å²) in [7, 11) is 0. The third-order valence-electron chi connectivity index (χ3n) is 9.16. The molecule has 1 N–H and O–H groups in total. The van der Waals surface area contributed by atoms with E-state index in [2.05, 4.69) is 33.9 Å². The molecule has 3 rings (SSSR count). The van der Waals surface area contributed by atoms with Crippen LogP contribution in [0.3, 0.4) is 0 Å². The van der Waals surface area contributed by atoms with Crippen molar-refractivity contribution in [1.29, 1.82) is 0 Å². The van der Waals surface area contributed by atoms with Gasteiger partial charge in [-0.1, -0.05) is 59.8 Å². The summed E-state index contributed by atoms with van der Waals surface area (Å²) in [6, 6.07) is -1.56. The number of hydrogen-bond acceptors (Lipinski definition) is 6. The number of aliphatic hydroxyl groups excluding tert-OH is 1. The van der Waals surface area contributed by atoms with E-state index < -0.39 is 46.6 Å². The van der Waals surface area contributed by atoms with Gasteiger partial charge in [0, 0.05) is 12.1 Å². The van der Waals surface area contributed by atoms with Gasteiger partial charge >= 0.3 is 5.97 Å². The van der Waals surface area contributed by atoms with Gasteiger partial charge in [-0.2, -0.15) is 0 Å². The third kappa shape index (κ3) is 5.31. The number of aliphatic hydroxyl groups is 1. The van der Waals surface area contributed by atoms with E-state index in [0.717, 1.165) is 6.42 Å². The van der Waals surface area contributed by atoms with Gasteiger partial charge in [-0.3, -0.25) is 14.4 Å². The van der Waals surface area contributed by atoms with E-state index in [1.165, 1.54) is 6.08 Å². The SMILES string of the molecule is C=CCOC(=O)[C@H]1[C@H]2C(=O)N([C@@H](CO)[C@@H](C)CC)C(C(=O)N(CC=C)C(C)(C)CC(C)(C)C)C23CC[C@]1(C)O3. The molecular weight excluding hydrogens is 496 g/mol. The molecule has 39 heavy (non-hydrogen) atoms. The molecule has 0 radical (unpaired) electrons. The topological polar surface area (TPSA) is 96.4 Å². The highest BCUT2D eigenvalue weighted by Crippen LogP contribution is 2.64. The van der Waals surface area contributed by atoms with Gasteiger partial charge in [0.15, 0.2) is 0 Å². The maximum atomic E-state index is 14.8. The first kappa shape index (κ1) is 31.3. The van der Waals surface area contributed by atoms with Crippen LogP contribution in [0, 0.1) is 23.2 Å². The van der Waals surface area contributed by atoms with Crippen molar-refractivity contribution >= 4 is 17.8 Å². The van der Waals surface area contributed by atoms with E-state index in [1.807, 2.05) is 34.6 Å². The molecule has 0 saturated carbocycles. The van der Waals surface area contributed by atoms with Crippen molar-refractivity contribution in [3.63, 3.8) is 0 Å². The molecule has 0 aromatic carbocycles. The van der Waals surface area contributed by atoms with Crippen LogP contribution in [-0.2, 0) is 23.9 Å². The molecule has 8 nitrogen and oxygen atoms in total. The fourth-order valence-corrected chi connectivity index (χ4v) is 7.71. The molecule has 8 heteroatoms. The maximum absolute atomic E-state index is 14.8. The van der Waals surface area contributed by atoms with E-state index in [0.29, 0.717) is 25.8 Å². The predicted octanol–water partition coefficient (Wildman–Crippen LogP) is 4.12. The van der Waals surface area contributed by atoms with E-state index in [1.54, 1.807) is 15.9 Å². The molecule has 2 amide bonds. The predicted molar refractivity (Wildman–Crippen MR) is 151 cm³/mol. The van der Waals surface area contributed by atoms with Crippen molar-refractivity contribution in [2.45, 2.75) is 110 Å². The molecule has 0 aromatic heterocycles. The molecule has 2 unspecified atom stereocenters. The van der Waals surface area contributed by atoms with Crippen molar-refractivity contribution in [2.75, 3.05) is 19.8 Å². The first-order chi connectivity index (χ1) is 18.0. The summed E-state index contributed by atoms with van der Waals surface area (Å²) < 4.78 is 12.2. The minimum absolute atomic E-state index is 0.0334. The number of carbonyl (C=O) groups is 3. The number of esters is 1. The number of likely N-dealkylation sites (tertiary alicyclic amines) is 1. The van der Waals surface area contributed by atoms with E-state index in [-0.39, 0.29) is 36.4 Å². The largest absolute Gasteiger partial charge is 0.461 e. The maximum Gasteiger partial charge on any atom is 0.313 e. The van der Waals surface area contributed by atoms with Crippen molar-refractivity contribution < 1.29 is 29.0 Å². The lowest BCUT2D eigenvalue weighted by Crippen LogP contribution is -2.63. The second-order valence-electron chi connectivity index (χ2n) is 13.8. The average molecular weight is 547 g/mol. The number of hydrogen-bond donors (Lipinski definition) is 1. The zero-order valence-corrected chi connectivity index (χ0v) is 25.3. The molecule has 1 spiro atoms. The third-order valence-corrected chi connectivity index (χ3v) is 9.16. The number of nitrogens with zero attached hydrogens (tertiary/aromatic N) is 2. The molecule has 3 saturated heterocycles. The number of rotatable bonds is 12. The molecular formula is C31H50N2O6. The van der Waals surface area contributed by atoms with Gasteiger partial charge in [-0.25, -0.2) is 0 Å². The molecule has 2 bridgehead atoms. The minimum atomic E-state index is -1.18. The lowest BCUT2D eigenvalue weighted by Gasteiger charge is -2.47. The zero-order chi connectivity index (χ0) is 29.6. The van der Waals surface area contributed by atoms with Crippen LogP contribution in [0.5, 0.6) is 0 Å². The van der Waals surface area contributed by atoms with E-state index >= 15 is 0 Å². The Morgan fingerprint density at radius 3 is 2.38 bits per heavy atom. The fraction of sp³-hybridized carbons (Fsp3) is 0.774. The Bertz CT molecular complexity index is 986. The summed E-state index contributed by atoms with van der Waals surface area (Å²) >= 11 is 0.